The molecule has 1 amide bonds. The van der Waals surface area contributed by atoms with Crippen molar-refractivity contribution < 1.29 is 41.9 Å². The van der Waals surface area contributed by atoms with Gasteiger partial charge in [-0.15, -0.1) is 0 Å². The predicted octanol–water partition coefficient (Wildman–Crippen LogP) is 5.56. The smallest absolute Gasteiger partial charge is 0.417 e. The number of nitro benzene ring substituents is 1. The molecule has 1 unspecified atom stereocenters. The third kappa shape index (κ3) is 10.6. The second-order valence-corrected chi connectivity index (χ2v) is 9.32. The van der Waals surface area contributed by atoms with Gasteiger partial charge in [0.15, 0.2) is 0 Å². The Morgan fingerprint density at radius 1 is 1.18 bits per heavy atom. The summed E-state index contributed by atoms with van der Waals surface area (Å²) in [5.74, 6) is 0.279. The highest BCUT2D eigenvalue weighted by Crippen LogP contribution is 2.35. The number of nitrogens with one attached hydrogen (secondary N) is 2. The van der Waals surface area contributed by atoms with Crippen LogP contribution in [-0.4, -0.2) is 42.8 Å². The number of benzene rings is 2. The average molecular weight is 542 g/mol. The highest BCUT2D eigenvalue weighted by Gasteiger charge is 2.31. The maximum atomic E-state index is 13.1. The van der Waals surface area contributed by atoms with Gasteiger partial charge in [-0.25, -0.2) is 4.79 Å². The van der Waals surface area contributed by atoms with Crippen molar-refractivity contribution in [3.05, 3.63) is 58.1 Å². The van der Waals surface area contributed by atoms with Crippen LogP contribution in [0.4, 0.5) is 29.3 Å². The Hall–Kier alpha value is -3.87. The van der Waals surface area contributed by atoms with Crippen molar-refractivity contribution in [3.8, 4) is 11.5 Å². The van der Waals surface area contributed by atoms with Crippen LogP contribution in [0.3, 0.4) is 0 Å². The molecule has 1 atom stereocenters. The lowest BCUT2D eigenvalue weighted by molar-refractivity contribution is -0.384. The number of halogens is 3. The van der Waals surface area contributed by atoms with Crippen molar-refractivity contribution in [1.82, 2.24) is 5.32 Å². The largest absolute Gasteiger partial charge is 0.491 e. The molecule has 0 saturated carbocycles. The van der Waals surface area contributed by atoms with Crippen molar-refractivity contribution >= 4 is 23.9 Å². The van der Waals surface area contributed by atoms with Crippen molar-refractivity contribution in [2.75, 3.05) is 25.0 Å². The summed E-state index contributed by atoms with van der Waals surface area (Å²) >= 11 is 0. The van der Waals surface area contributed by atoms with Gasteiger partial charge in [0.05, 0.1) is 22.8 Å². The molecule has 208 valence electrons. The third-order valence-corrected chi connectivity index (χ3v) is 5.08. The van der Waals surface area contributed by atoms with E-state index in [-0.39, 0.29) is 41.0 Å². The van der Waals surface area contributed by atoms with Crippen LogP contribution in [0.2, 0.25) is 0 Å². The fraction of sp³-hybridized carbons (Fsp3) is 0.440. The first-order valence-corrected chi connectivity index (χ1v) is 11.7. The highest BCUT2D eigenvalue weighted by atomic mass is 19.4. The number of rotatable bonds is 7. The number of alkyl halides is 3. The molecule has 0 spiro atoms. The Morgan fingerprint density at radius 3 is 2.37 bits per heavy atom. The lowest BCUT2D eigenvalue weighted by atomic mass is 10.0. The monoisotopic (exact) mass is 541 g/mol. The molecule has 2 N–H and O–H groups in total. The number of carbonyl (C=O) groups excluding carboxylic acids is 2. The quantitative estimate of drug-likeness (QED) is 0.265. The Bertz CT molecular complexity index is 1080. The summed E-state index contributed by atoms with van der Waals surface area (Å²) in [4.78, 5) is 31.9. The molecule has 0 bridgehead atoms. The van der Waals surface area contributed by atoms with E-state index in [1.165, 1.54) is 12.1 Å². The van der Waals surface area contributed by atoms with Gasteiger partial charge < -0.3 is 19.5 Å². The van der Waals surface area contributed by atoms with Gasteiger partial charge in [-0.2, -0.15) is 13.2 Å². The molecule has 1 saturated heterocycles. The number of nitrogens with zero attached hydrogens (tertiary/aromatic N) is 1. The van der Waals surface area contributed by atoms with Crippen LogP contribution in [0.1, 0.15) is 39.2 Å². The predicted molar refractivity (Wildman–Crippen MR) is 132 cm³/mol. The summed E-state index contributed by atoms with van der Waals surface area (Å²) in [6.07, 6.45) is -3.76. The molecular formula is C25H30F3N3O7. The van der Waals surface area contributed by atoms with E-state index in [4.69, 9.17) is 9.47 Å². The second-order valence-electron chi connectivity index (χ2n) is 9.32. The number of carbonyl (C=O) groups is 2. The molecule has 1 fully saturated rings. The van der Waals surface area contributed by atoms with Crippen molar-refractivity contribution in [2.24, 2.45) is 5.92 Å². The molecule has 13 heteroatoms. The Balaban J connectivity index is 0.000000638. The van der Waals surface area contributed by atoms with Gasteiger partial charge in [0.25, 0.3) is 12.2 Å². The molecular weight excluding hydrogens is 511 g/mol. The molecule has 10 nitrogen and oxygen atoms in total. The van der Waals surface area contributed by atoms with Crippen molar-refractivity contribution in [3.63, 3.8) is 0 Å². The summed E-state index contributed by atoms with van der Waals surface area (Å²) in [5.41, 5.74) is -1.66. The first kappa shape index (κ1) is 30.4. The molecule has 0 radical (unpaired) electrons. The second kappa shape index (κ2) is 13.6. The lowest BCUT2D eigenvalue weighted by Crippen LogP contribution is -2.33. The van der Waals surface area contributed by atoms with E-state index in [0.29, 0.717) is 6.47 Å². The first-order chi connectivity index (χ1) is 17.8. The van der Waals surface area contributed by atoms with Gasteiger partial charge in [-0.3, -0.25) is 20.2 Å². The summed E-state index contributed by atoms with van der Waals surface area (Å²) < 4.78 is 54.6. The van der Waals surface area contributed by atoms with E-state index in [0.717, 1.165) is 56.3 Å². The van der Waals surface area contributed by atoms with E-state index >= 15 is 0 Å². The van der Waals surface area contributed by atoms with Crippen LogP contribution in [-0.2, 0) is 15.7 Å². The summed E-state index contributed by atoms with van der Waals surface area (Å²) in [5, 5.41) is 16.2. The minimum absolute atomic E-state index is 0.00850. The summed E-state index contributed by atoms with van der Waals surface area (Å²) in [6.45, 7) is 7.86. The maximum absolute atomic E-state index is 13.1. The number of anilines is 1. The summed E-state index contributed by atoms with van der Waals surface area (Å²) in [7, 11) is 0. The highest BCUT2D eigenvalue weighted by molar-refractivity contribution is 5.88. The fourth-order valence-corrected chi connectivity index (χ4v) is 3.23. The number of nitro groups is 1. The molecule has 2 aromatic rings. The first-order valence-electron chi connectivity index (χ1n) is 11.7. The number of non-ortho nitro benzene ring substituents is 1. The SMILES string of the molecule is CC(C)(C)OC=O.O=C(Nc1cc(C(F)(F)F)ccc1OCC1CCCNC1)Oc1ccc([N+](=O)[O-])cc1. The van der Waals surface area contributed by atoms with E-state index in [9.17, 15) is 32.9 Å². The van der Waals surface area contributed by atoms with Crippen LogP contribution in [0.25, 0.3) is 0 Å². The van der Waals surface area contributed by atoms with Gasteiger partial charge in [0.2, 0.25) is 0 Å². The van der Waals surface area contributed by atoms with Gasteiger partial charge >= 0.3 is 12.3 Å². The molecule has 0 aromatic heterocycles. The van der Waals surface area contributed by atoms with Gasteiger partial charge in [0.1, 0.15) is 17.1 Å². The molecule has 1 aliphatic heterocycles. The molecule has 2 aromatic carbocycles. The van der Waals surface area contributed by atoms with Crippen LogP contribution in [0.5, 0.6) is 11.5 Å². The van der Waals surface area contributed by atoms with Gasteiger partial charge in [-0.1, -0.05) is 0 Å². The van der Waals surface area contributed by atoms with Gasteiger partial charge in [0, 0.05) is 24.6 Å². The van der Waals surface area contributed by atoms with Crippen LogP contribution in [0, 0.1) is 16.0 Å². The number of piperidine rings is 1. The minimum atomic E-state index is -4.61. The van der Waals surface area contributed by atoms with Crippen LogP contribution in [0.15, 0.2) is 42.5 Å². The number of amides is 1. The van der Waals surface area contributed by atoms with E-state index < -0.39 is 22.8 Å². The Labute approximate surface area is 217 Å². The van der Waals surface area contributed by atoms with Crippen molar-refractivity contribution in [2.45, 2.75) is 45.4 Å². The number of ether oxygens (including phenoxy) is 3. The zero-order valence-electron chi connectivity index (χ0n) is 21.2. The maximum Gasteiger partial charge on any atom is 0.417 e. The number of hydrogen-bond donors (Lipinski definition) is 2. The summed E-state index contributed by atoms with van der Waals surface area (Å²) in [6, 6.07) is 7.49. The molecule has 38 heavy (non-hydrogen) atoms. The van der Waals surface area contributed by atoms with Crippen LogP contribution >= 0.6 is 0 Å². The minimum Gasteiger partial charge on any atom is -0.491 e. The zero-order valence-corrected chi connectivity index (χ0v) is 21.2. The number of hydrogen-bond acceptors (Lipinski definition) is 8. The molecule has 0 aliphatic carbocycles. The van der Waals surface area contributed by atoms with E-state index in [1.54, 1.807) is 0 Å². The Morgan fingerprint density at radius 2 is 1.87 bits per heavy atom. The van der Waals surface area contributed by atoms with Gasteiger partial charge in [-0.05, 0) is 70.5 Å². The lowest BCUT2D eigenvalue weighted by Gasteiger charge is -2.23. The van der Waals surface area contributed by atoms with E-state index in [2.05, 4.69) is 15.4 Å². The average Bonchev–Trinajstić information content (AvgIpc) is 2.83. The zero-order chi connectivity index (χ0) is 28.3. The normalized spacial score (nSPS) is 15.4. The fourth-order valence-electron chi connectivity index (χ4n) is 3.23. The third-order valence-electron chi connectivity index (χ3n) is 5.08. The van der Waals surface area contributed by atoms with E-state index in [1.807, 2.05) is 20.8 Å². The Kier molecular flexibility index (Phi) is 10.9. The van der Waals surface area contributed by atoms with Crippen LogP contribution < -0.4 is 20.1 Å². The molecule has 1 heterocycles. The molecule has 3 rings (SSSR count). The molecule has 1 aliphatic rings. The topological polar surface area (TPSA) is 129 Å². The van der Waals surface area contributed by atoms with Crippen molar-refractivity contribution in [1.29, 1.82) is 0 Å². The standard InChI is InChI=1S/C20H20F3N3O5.C5H10O2/c21-20(22,23)14-3-8-18(30-12-13-2-1-9-24-11-13)17(10-14)25-19(27)31-16-6-4-15(5-7-16)26(28)29;1-5(2,3)7-4-6/h3-8,10,13,24H,1-2,9,11-12H2,(H,25,27);4H,1-3H3.